The summed E-state index contributed by atoms with van der Waals surface area (Å²) in [5.74, 6) is 2.67. The van der Waals surface area contributed by atoms with Crippen molar-refractivity contribution in [2.75, 3.05) is 13.1 Å². The monoisotopic (exact) mass is 299 g/mol. The van der Waals surface area contributed by atoms with Crippen LogP contribution in [0.3, 0.4) is 0 Å². The summed E-state index contributed by atoms with van der Waals surface area (Å²) in [5.41, 5.74) is 1.01. The molecule has 0 unspecified atom stereocenters. The molecule has 4 heterocycles. The van der Waals surface area contributed by atoms with Crippen molar-refractivity contribution in [3.05, 3.63) is 47.9 Å². The van der Waals surface area contributed by atoms with Crippen molar-refractivity contribution in [1.29, 1.82) is 0 Å². The standard InChI is InChI=1S/C17H21N3O2/c1-12-2-3-14(21-12)9-20-7-5-13-8-16(22-17(13)10-20)15-4-6-18-11-19-15/h2-4,6,11,13,16-17H,5,7-10H2,1H3/t13-,16+,17+/m1/s1. The van der Waals surface area contributed by atoms with Crippen LogP contribution < -0.4 is 0 Å². The lowest BCUT2D eigenvalue weighted by Gasteiger charge is -2.33. The molecule has 116 valence electrons. The molecule has 5 nitrogen and oxygen atoms in total. The van der Waals surface area contributed by atoms with Crippen molar-refractivity contribution >= 4 is 0 Å². The maximum atomic E-state index is 6.26. The van der Waals surface area contributed by atoms with E-state index in [9.17, 15) is 0 Å². The highest BCUT2D eigenvalue weighted by atomic mass is 16.5. The highest BCUT2D eigenvalue weighted by molar-refractivity contribution is 5.08. The van der Waals surface area contributed by atoms with E-state index >= 15 is 0 Å². The molecule has 5 heteroatoms. The van der Waals surface area contributed by atoms with Crippen LogP contribution in [0.25, 0.3) is 0 Å². The third-order valence-electron chi connectivity index (χ3n) is 4.75. The van der Waals surface area contributed by atoms with Crippen molar-refractivity contribution in [2.45, 2.75) is 38.5 Å². The number of likely N-dealkylation sites (tertiary alicyclic amines) is 1. The van der Waals surface area contributed by atoms with Gasteiger partial charge in [-0.2, -0.15) is 0 Å². The average Bonchev–Trinajstić information content (AvgIpc) is 3.14. The Morgan fingerprint density at radius 3 is 3.05 bits per heavy atom. The number of piperidine rings is 1. The minimum Gasteiger partial charge on any atom is -0.465 e. The van der Waals surface area contributed by atoms with Gasteiger partial charge in [0, 0.05) is 12.7 Å². The fourth-order valence-corrected chi connectivity index (χ4v) is 3.61. The molecule has 0 aliphatic carbocycles. The van der Waals surface area contributed by atoms with Crippen LogP contribution in [-0.4, -0.2) is 34.1 Å². The number of hydrogen-bond acceptors (Lipinski definition) is 5. The Bertz CT molecular complexity index is 628. The van der Waals surface area contributed by atoms with Gasteiger partial charge in [-0.1, -0.05) is 0 Å². The first-order valence-electron chi connectivity index (χ1n) is 7.97. The molecule has 2 aliphatic rings. The second-order valence-electron chi connectivity index (χ2n) is 6.33. The van der Waals surface area contributed by atoms with Crippen LogP contribution in [-0.2, 0) is 11.3 Å². The van der Waals surface area contributed by atoms with Crippen molar-refractivity contribution in [2.24, 2.45) is 5.92 Å². The van der Waals surface area contributed by atoms with Gasteiger partial charge in [0.05, 0.1) is 18.3 Å². The summed E-state index contributed by atoms with van der Waals surface area (Å²) in [7, 11) is 0. The van der Waals surface area contributed by atoms with Crippen molar-refractivity contribution in [3.63, 3.8) is 0 Å². The topological polar surface area (TPSA) is 51.4 Å². The molecule has 2 saturated heterocycles. The van der Waals surface area contributed by atoms with Crippen LogP contribution >= 0.6 is 0 Å². The van der Waals surface area contributed by atoms with Crippen LogP contribution in [0.5, 0.6) is 0 Å². The van der Waals surface area contributed by atoms with E-state index in [1.165, 1.54) is 6.42 Å². The molecule has 0 spiro atoms. The van der Waals surface area contributed by atoms with Gasteiger partial charge in [-0.3, -0.25) is 4.90 Å². The highest BCUT2D eigenvalue weighted by Crippen LogP contribution is 2.40. The van der Waals surface area contributed by atoms with Gasteiger partial charge < -0.3 is 9.15 Å². The first kappa shape index (κ1) is 13.9. The van der Waals surface area contributed by atoms with E-state index < -0.39 is 0 Å². The lowest BCUT2D eigenvalue weighted by molar-refractivity contribution is -0.0120. The minimum atomic E-state index is 0.129. The number of aromatic nitrogens is 2. The molecule has 2 aromatic heterocycles. The molecular formula is C17H21N3O2. The molecule has 0 N–H and O–H groups in total. The Labute approximate surface area is 130 Å². The summed E-state index contributed by atoms with van der Waals surface area (Å²) in [6.07, 6.45) is 6.10. The van der Waals surface area contributed by atoms with Gasteiger partial charge in [-0.25, -0.2) is 9.97 Å². The van der Waals surface area contributed by atoms with Crippen LogP contribution in [0.1, 0.15) is 36.2 Å². The second-order valence-corrected chi connectivity index (χ2v) is 6.33. The summed E-state index contributed by atoms with van der Waals surface area (Å²) in [5, 5.41) is 0. The van der Waals surface area contributed by atoms with E-state index in [1.807, 2.05) is 19.1 Å². The molecule has 2 fully saturated rings. The Kier molecular flexibility index (Phi) is 3.68. The Balaban J connectivity index is 1.39. The smallest absolute Gasteiger partial charge is 0.118 e. The third-order valence-corrected chi connectivity index (χ3v) is 4.75. The molecule has 22 heavy (non-hydrogen) atoms. The van der Waals surface area contributed by atoms with Gasteiger partial charge in [0.15, 0.2) is 0 Å². The minimum absolute atomic E-state index is 0.129. The zero-order chi connectivity index (χ0) is 14.9. The van der Waals surface area contributed by atoms with Crippen LogP contribution in [0.15, 0.2) is 35.1 Å². The fourth-order valence-electron chi connectivity index (χ4n) is 3.61. The van der Waals surface area contributed by atoms with Crippen molar-refractivity contribution in [3.8, 4) is 0 Å². The van der Waals surface area contributed by atoms with Gasteiger partial charge >= 0.3 is 0 Å². The zero-order valence-electron chi connectivity index (χ0n) is 12.8. The average molecular weight is 299 g/mol. The van der Waals surface area contributed by atoms with Crippen LogP contribution in [0.2, 0.25) is 0 Å². The maximum absolute atomic E-state index is 6.26. The summed E-state index contributed by atoms with van der Waals surface area (Å²) in [6, 6.07) is 6.06. The normalized spacial score (nSPS) is 28.7. The number of rotatable bonds is 3. The van der Waals surface area contributed by atoms with Gasteiger partial charge in [0.1, 0.15) is 24.0 Å². The number of furan rings is 1. The number of aryl methyl sites for hydroxylation is 1. The summed E-state index contributed by atoms with van der Waals surface area (Å²) >= 11 is 0. The lowest BCUT2D eigenvalue weighted by atomic mass is 9.91. The molecular weight excluding hydrogens is 278 g/mol. The Hall–Kier alpha value is -1.72. The zero-order valence-corrected chi connectivity index (χ0v) is 12.8. The molecule has 3 atom stereocenters. The largest absolute Gasteiger partial charge is 0.465 e. The van der Waals surface area contributed by atoms with Gasteiger partial charge in [0.2, 0.25) is 0 Å². The van der Waals surface area contributed by atoms with Gasteiger partial charge in [-0.15, -0.1) is 0 Å². The molecule has 4 rings (SSSR count). The summed E-state index contributed by atoms with van der Waals surface area (Å²) < 4.78 is 12.0. The third kappa shape index (κ3) is 2.78. The number of ether oxygens (including phenoxy) is 1. The first-order chi connectivity index (χ1) is 10.8. The molecule has 0 saturated carbocycles. The molecule has 0 aromatic carbocycles. The van der Waals surface area contributed by atoms with Crippen molar-refractivity contribution in [1.82, 2.24) is 14.9 Å². The predicted molar refractivity (Wildman–Crippen MR) is 81.1 cm³/mol. The second kappa shape index (κ2) is 5.82. The van der Waals surface area contributed by atoms with E-state index in [2.05, 4.69) is 20.9 Å². The highest BCUT2D eigenvalue weighted by Gasteiger charge is 2.40. The maximum Gasteiger partial charge on any atom is 0.118 e. The Morgan fingerprint density at radius 2 is 2.27 bits per heavy atom. The lowest BCUT2D eigenvalue weighted by Crippen LogP contribution is -2.41. The SMILES string of the molecule is Cc1ccc(CN2CC[C@@H]3C[C@@H](c4ccncn4)O[C@H]3C2)o1. The fraction of sp³-hybridized carbons (Fsp3) is 0.529. The number of nitrogens with zero attached hydrogens (tertiary/aromatic N) is 3. The van der Waals surface area contributed by atoms with Gasteiger partial charge in [-0.05, 0) is 50.4 Å². The molecule has 0 radical (unpaired) electrons. The number of hydrogen-bond donors (Lipinski definition) is 0. The quantitative estimate of drug-likeness (QED) is 0.872. The van der Waals surface area contributed by atoms with Crippen LogP contribution in [0, 0.1) is 12.8 Å². The first-order valence-corrected chi connectivity index (χ1v) is 7.97. The summed E-state index contributed by atoms with van der Waals surface area (Å²) in [4.78, 5) is 10.8. The van der Waals surface area contributed by atoms with Crippen molar-refractivity contribution < 1.29 is 9.15 Å². The summed E-state index contributed by atoms with van der Waals surface area (Å²) in [6.45, 7) is 4.95. The van der Waals surface area contributed by atoms with Gasteiger partial charge in [0.25, 0.3) is 0 Å². The van der Waals surface area contributed by atoms with E-state index in [1.54, 1.807) is 12.5 Å². The molecule has 0 bridgehead atoms. The van der Waals surface area contributed by atoms with E-state index in [4.69, 9.17) is 9.15 Å². The Morgan fingerprint density at radius 1 is 1.32 bits per heavy atom. The van der Waals surface area contributed by atoms with E-state index in [0.29, 0.717) is 12.0 Å². The molecule has 0 amide bonds. The van der Waals surface area contributed by atoms with E-state index in [0.717, 1.165) is 43.3 Å². The van der Waals surface area contributed by atoms with E-state index in [-0.39, 0.29) is 6.10 Å². The molecule has 2 aliphatic heterocycles. The molecule has 2 aromatic rings. The number of fused-ring (bicyclic) bond motifs is 1. The van der Waals surface area contributed by atoms with Crippen LogP contribution in [0.4, 0.5) is 0 Å². The predicted octanol–water partition coefficient (Wildman–Crippen LogP) is 2.73.